The number of nitrogens with zero attached hydrogens (tertiary/aromatic N) is 4. The molecule has 3 aliphatic rings. The molecule has 0 radical (unpaired) electrons. The van der Waals surface area contributed by atoms with E-state index in [4.69, 9.17) is 14.1 Å². The SMILES string of the molecule is O=C1CC(C(=O)N2CCc3oc(C4CCOCC4)nc3C2)CN1Cc1ccccn1. The molecule has 5 heterocycles. The number of carbonyl (C=O) groups is 2. The number of likely N-dealkylation sites (tertiary alicyclic amines) is 1. The molecule has 30 heavy (non-hydrogen) atoms. The smallest absolute Gasteiger partial charge is 0.228 e. The minimum Gasteiger partial charge on any atom is -0.445 e. The van der Waals surface area contributed by atoms with Crippen molar-refractivity contribution in [2.45, 2.75) is 44.7 Å². The lowest BCUT2D eigenvalue weighted by Gasteiger charge is -2.27. The fourth-order valence-corrected chi connectivity index (χ4v) is 4.56. The lowest BCUT2D eigenvalue weighted by Crippen LogP contribution is -2.40. The lowest BCUT2D eigenvalue weighted by atomic mass is 10.0. The summed E-state index contributed by atoms with van der Waals surface area (Å²) >= 11 is 0. The van der Waals surface area contributed by atoms with Gasteiger partial charge in [-0.05, 0) is 25.0 Å². The average Bonchev–Trinajstić information content (AvgIpc) is 3.38. The van der Waals surface area contributed by atoms with E-state index >= 15 is 0 Å². The Morgan fingerprint density at radius 2 is 2.10 bits per heavy atom. The molecule has 8 heteroatoms. The van der Waals surface area contributed by atoms with Gasteiger partial charge < -0.3 is 19.0 Å². The quantitative estimate of drug-likeness (QED) is 0.765. The lowest BCUT2D eigenvalue weighted by molar-refractivity contribution is -0.136. The van der Waals surface area contributed by atoms with Crippen molar-refractivity contribution in [1.29, 1.82) is 0 Å². The van der Waals surface area contributed by atoms with Crippen LogP contribution in [0.3, 0.4) is 0 Å². The van der Waals surface area contributed by atoms with Crippen molar-refractivity contribution in [1.82, 2.24) is 19.8 Å². The fourth-order valence-electron chi connectivity index (χ4n) is 4.56. The van der Waals surface area contributed by atoms with Crippen LogP contribution in [-0.2, 0) is 33.8 Å². The number of hydrogen-bond acceptors (Lipinski definition) is 6. The summed E-state index contributed by atoms with van der Waals surface area (Å²) < 4.78 is 11.5. The zero-order chi connectivity index (χ0) is 20.5. The zero-order valence-electron chi connectivity index (χ0n) is 17.0. The van der Waals surface area contributed by atoms with Gasteiger partial charge in [0, 0.05) is 51.3 Å². The van der Waals surface area contributed by atoms with Crippen LogP contribution in [0.1, 0.15) is 48.2 Å². The topological polar surface area (TPSA) is 88.8 Å². The third kappa shape index (κ3) is 3.84. The maximum atomic E-state index is 13.1. The van der Waals surface area contributed by atoms with E-state index in [1.807, 2.05) is 23.1 Å². The first-order chi connectivity index (χ1) is 14.7. The maximum absolute atomic E-state index is 13.1. The monoisotopic (exact) mass is 410 g/mol. The Balaban J connectivity index is 1.22. The number of amides is 2. The van der Waals surface area contributed by atoms with Crippen LogP contribution in [-0.4, -0.2) is 57.9 Å². The molecule has 1 atom stereocenters. The molecular formula is C22H26N4O4. The highest BCUT2D eigenvalue weighted by Crippen LogP contribution is 2.31. The zero-order valence-corrected chi connectivity index (χ0v) is 17.0. The number of rotatable bonds is 4. The summed E-state index contributed by atoms with van der Waals surface area (Å²) in [6, 6.07) is 5.65. The predicted octanol–water partition coefficient (Wildman–Crippen LogP) is 1.90. The van der Waals surface area contributed by atoms with E-state index in [1.54, 1.807) is 11.1 Å². The number of oxazole rings is 1. The van der Waals surface area contributed by atoms with Gasteiger partial charge in [0.15, 0.2) is 5.89 Å². The Morgan fingerprint density at radius 3 is 2.90 bits per heavy atom. The van der Waals surface area contributed by atoms with Crippen LogP contribution >= 0.6 is 0 Å². The second-order valence-electron chi connectivity index (χ2n) is 8.31. The van der Waals surface area contributed by atoms with Gasteiger partial charge in [-0.15, -0.1) is 0 Å². The first kappa shape index (κ1) is 19.2. The van der Waals surface area contributed by atoms with Gasteiger partial charge in [0.2, 0.25) is 11.8 Å². The van der Waals surface area contributed by atoms with Crippen LogP contribution in [0.2, 0.25) is 0 Å². The number of pyridine rings is 1. The minimum absolute atomic E-state index is 0.0138. The van der Waals surface area contributed by atoms with Crippen LogP contribution < -0.4 is 0 Å². The molecule has 3 aliphatic heterocycles. The van der Waals surface area contributed by atoms with Crippen molar-refractivity contribution in [3.63, 3.8) is 0 Å². The van der Waals surface area contributed by atoms with E-state index in [0.717, 1.165) is 49.1 Å². The number of aromatic nitrogens is 2. The molecule has 0 saturated carbocycles. The van der Waals surface area contributed by atoms with E-state index < -0.39 is 0 Å². The Morgan fingerprint density at radius 1 is 1.23 bits per heavy atom. The molecule has 2 aromatic rings. The third-order valence-electron chi connectivity index (χ3n) is 6.27. The Bertz CT molecular complexity index is 922. The Hall–Kier alpha value is -2.74. The van der Waals surface area contributed by atoms with Crippen molar-refractivity contribution in [3.05, 3.63) is 47.4 Å². The van der Waals surface area contributed by atoms with Crippen LogP contribution in [0.25, 0.3) is 0 Å². The van der Waals surface area contributed by atoms with Crippen molar-refractivity contribution in [2.24, 2.45) is 5.92 Å². The summed E-state index contributed by atoms with van der Waals surface area (Å²) in [4.78, 5) is 38.1. The van der Waals surface area contributed by atoms with Crippen LogP contribution in [0.4, 0.5) is 0 Å². The molecule has 2 fully saturated rings. The summed E-state index contributed by atoms with van der Waals surface area (Å²) in [7, 11) is 0. The molecule has 0 N–H and O–H groups in total. The van der Waals surface area contributed by atoms with E-state index in [2.05, 4.69) is 4.98 Å². The van der Waals surface area contributed by atoms with Gasteiger partial charge in [0.25, 0.3) is 0 Å². The van der Waals surface area contributed by atoms with Crippen LogP contribution in [0, 0.1) is 5.92 Å². The van der Waals surface area contributed by atoms with E-state index in [-0.39, 0.29) is 24.2 Å². The summed E-state index contributed by atoms with van der Waals surface area (Å²) in [5.74, 6) is 1.74. The Labute approximate surface area is 175 Å². The second kappa shape index (κ2) is 8.18. The summed E-state index contributed by atoms with van der Waals surface area (Å²) in [5, 5.41) is 0. The van der Waals surface area contributed by atoms with Gasteiger partial charge in [0.05, 0.1) is 24.7 Å². The van der Waals surface area contributed by atoms with Crippen LogP contribution in [0.5, 0.6) is 0 Å². The fraction of sp³-hybridized carbons (Fsp3) is 0.545. The standard InChI is InChI=1S/C22H26N4O4/c27-20-11-16(12-26(20)13-17-3-1-2-7-23-17)22(28)25-8-4-19-18(14-25)24-21(30-19)15-5-9-29-10-6-15/h1-3,7,15-16H,4-6,8-14H2. The summed E-state index contributed by atoms with van der Waals surface area (Å²) in [6.07, 6.45) is 4.52. The molecule has 2 amide bonds. The Kier molecular flexibility index (Phi) is 5.25. The van der Waals surface area contributed by atoms with E-state index in [9.17, 15) is 9.59 Å². The van der Waals surface area contributed by atoms with Crippen LogP contribution in [0.15, 0.2) is 28.8 Å². The number of ether oxygens (including phenoxy) is 1. The number of carbonyl (C=O) groups excluding carboxylic acids is 2. The first-order valence-electron chi connectivity index (χ1n) is 10.7. The highest BCUT2D eigenvalue weighted by atomic mass is 16.5. The molecule has 2 saturated heterocycles. The summed E-state index contributed by atoms with van der Waals surface area (Å²) in [6.45, 7) is 3.46. The molecule has 0 aliphatic carbocycles. The van der Waals surface area contributed by atoms with E-state index in [0.29, 0.717) is 38.5 Å². The highest BCUT2D eigenvalue weighted by molar-refractivity contribution is 5.89. The normalized spacial score (nSPS) is 22.4. The molecule has 0 aromatic carbocycles. The van der Waals surface area contributed by atoms with Gasteiger partial charge in [-0.1, -0.05) is 6.07 Å². The molecule has 0 spiro atoms. The van der Waals surface area contributed by atoms with Crippen molar-refractivity contribution >= 4 is 11.8 Å². The average molecular weight is 410 g/mol. The highest BCUT2D eigenvalue weighted by Gasteiger charge is 2.38. The first-order valence-corrected chi connectivity index (χ1v) is 10.7. The third-order valence-corrected chi connectivity index (χ3v) is 6.27. The van der Waals surface area contributed by atoms with E-state index in [1.165, 1.54) is 0 Å². The van der Waals surface area contributed by atoms with Gasteiger partial charge in [0.1, 0.15) is 11.5 Å². The predicted molar refractivity (Wildman–Crippen MR) is 106 cm³/mol. The molecule has 1 unspecified atom stereocenters. The number of hydrogen-bond donors (Lipinski definition) is 0. The van der Waals surface area contributed by atoms with Crippen molar-refractivity contribution < 1.29 is 18.7 Å². The van der Waals surface area contributed by atoms with Crippen molar-refractivity contribution in [3.8, 4) is 0 Å². The molecule has 8 nitrogen and oxygen atoms in total. The molecular weight excluding hydrogens is 384 g/mol. The molecule has 2 aromatic heterocycles. The van der Waals surface area contributed by atoms with Gasteiger partial charge in [-0.25, -0.2) is 4.98 Å². The van der Waals surface area contributed by atoms with Gasteiger partial charge in [-0.3, -0.25) is 14.6 Å². The molecule has 0 bridgehead atoms. The molecule has 5 rings (SSSR count). The van der Waals surface area contributed by atoms with Crippen molar-refractivity contribution in [2.75, 3.05) is 26.3 Å². The maximum Gasteiger partial charge on any atom is 0.228 e. The number of fused-ring (bicyclic) bond motifs is 1. The summed E-state index contributed by atoms with van der Waals surface area (Å²) in [5.41, 5.74) is 1.70. The second-order valence-corrected chi connectivity index (χ2v) is 8.31. The van der Waals surface area contributed by atoms with Gasteiger partial charge >= 0.3 is 0 Å². The van der Waals surface area contributed by atoms with Gasteiger partial charge in [-0.2, -0.15) is 0 Å². The molecule has 158 valence electrons. The largest absolute Gasteiger partial charge is 0.445 e. The minimum atomic E-state index is -0.301.